The maximum absolute atomic E-state index is 13.2. The summed E-state index contributed by atoms with van der Waals surface area (Å²) in [6, 6.07) is 11.6. The summed E-state index contributed by atoms with van der Waals surface area (Å²) in [7, 11) is -3.48. The first-order valence-corrected chi connectivity index (χ1v) is 12.7. The van der Waals surface area contributed by atoms with E-state index < -0.39 is 10.0 Å². The van der Waals surface area contributed by atoms with Crippen molar-refractivity contribution in [2.75, 3.05) is 24.1 Å². The van der Waals surface area contributed by atoms with Crippen LogP contribution in [0.1, 0.15) is 24.0 Å². The molecule has 2 saturated heterocycles. The van der Waals surface area contributed by atoms with E-state index in [9.17, 15) is 17.6 Å². The Kier molecular flexibility index (Phi) is 6.55. The maximum Gasteiger partial charge on any atom is 0.247 e. The summed E-state index contributed by atoms with van der Waals surface area (Å²) in [5, 5.41) is 0.398. The Labute approximate surface area is 192 Å². The van der Waals surface area contributed by atoms with Crippen LogP contribution < -0.4 is 4.72 Å². The summed E-state index contributed by atoms with van der Waals surface area (Å²) < 4.78 is 38.9. The fourth-order valence-electron chi connectivity index (χ4n) is 4.54. The molecule has 2 aliphatic rings. The number of hydrogen-bond donors (Lipinski definition) is 1. The Balaban J connectivity index is 1.44. The number of sulfonamides is 1. The van der Waals surface area contributed by atoms with E-state index in [1.165, 1.54) is 24.3 Å². The molecule has 2 aromatic carbocycles. The minimum Gasteiger partial charge on any atom is -0.331 e. The number of hydrogen-bond acceptors (Lipinski definition) is 4. The predicted molar refractivity (Wildman–Crippen MR) is 124 cm³/mol. The molecule has 1 amide bonds. The van der Waals surface area contributed by atoms with Gasteiger partial charge in [0.15, 0.2) is 0 Å². The number of benzene rings is 2. The van der Waals surface area contributed by atoms with Crippen LogP contribution in [0.3, 0.4) is 0 Å². The molecule has 2 atom stereocenters. The molecule has 170 valence electrons. The first kappa shape index (κ1) is 22.8. The SMILES string of the molecule is CS(=O)(=O)Nc1cc(Cl)ccc1C=CC(=O)N1C2CCC1CN(Cc1ccc(F)cc1)C2. The highest BCUT2D eigenvalue weighted by Gasteiger charge is 2.41. The Morgan fingerprint density at radius 2 is 1.81 bits per heavy atom. The lowest BCUT2D eigenvalue weighted by Crippen LogP contribution is -2.55. The van der Waals surface area contributed by atoms with Crippen LogP contribution in [-0.2, 0) is 21.4 Å². The maximum atomic E-state index is 13.2. The second kappa shape index (κ2) is 9.21. The van der Waals surface area contributed by atoms with Crippen LogP contribution in [-0.4, -0.2) is 55.6 Å². The van der Waals surface area contributed by atoms with Gasteiger partial charge in [-0.1, -0.05) is 29.8 Å². The summed E-state index contributed by atoms with van der Waals surface area (Å²) >= 11 is 6.00. The fourth-order valence-corrected chi connectivity index (χ4v) is 5.28. The van der Waals surface area contributed by atoms with Gasteiger partial charge in [-0.2, -0.15) is 0 Å². The van der Waals surface area contributed by atoms with Crippen LogP contribution in [0.4, 0.5) is 10.1 Å². The molecule has 0 radical (unpaired) electrons. The lowest BCUT2D eigenvalue weighted by molar-refractivity contribution is -0.131. The van der Waals surface area contributed by atoms with E-state index in [1.807, 2.05) is 4.90 Å². The number of nitrogens with zero attached hydrogens (tertiary/aromatic N) is 2. The van der Waals surface area contributed by atoms with E-state index >= 15 is 0 Å². The summed E-state index contributed by atoms with van der Waals surface area (Å²) in [5.41, 5.74) is 1.95. The van der Waals surface area contributed by atoms with Crippen molar-refractivity contribution >= 4 is 39.3 Å². The van der Waals surface area contributed by atoms with Gasteiger partial charge < -0.3 is 4.90 Å². The van der Waals surface area contributed by atoms with Gasteiger partial charge in [0.2, 0.25) is 15.9 Å². The average molecular weight is 478 g/mol. The number of amides is 1. The molecule has 2 heterocycles. The van der Waals surface area contributed by atoms with E-state index in [0.717, 1.165) is 44.3 Å². The molecule has 2 unspecified atom stereocenters. The van der Waals surface area contributed by atoms with Crippen molar-refractivity contribution in [3.05, 3.63) is 70.5 Å². The summed E-state index contributed by atoms with van der Waals surface area (Å²) in [6.07, 6.45) is 6.09. The molecule has 32 heavy (non-hydrogen) atoms. The Morgan fingerprint density at radius 1 is 1.16 bits per heavy atom. The molecular weight excluding hydrogens is 453 g/mol. The lowest BCUT2D eigenvalue weighted by atomic mass is 10.1. The van der Waals surface area contributed by atoms with Crippen LogP contribution in [0, 0.1) is 5.82 Å². The van der Waals surface area contributed by atoms with Gasteiger partial charge in [0, 0.05) is 42.8 Å². The highest BCUT2D eigenvalue weighted by molar-refractivity contribution is 7.92. The highest BCUT2D eigenvalue weighted by atomic mass is 35.5. The van der Waals surface area contributed by atoms with Crippen LogP contribution in [0.15, 0.2) is 48.5 Å². The number of carbonyl (C=O) groups is 1. The average Bonchev–Trinajstić information content (AvgIpc) is 2.98. The van der Waals surface area contributed by atoms with Gasteiger partial charge in [0.25, 0.3) is 0 Å². The number of anilines is 1. The van der Waals surface area contributed by atoms with Crippen LogP contribution in [0.2, 0.25) is 5.02 Å². The van der Waals surface area contributed by atoms with Crippen molar-refractivity contribution in [3.63, 3.8) is 0 Å². The van der Waals surface area contributed by atoms with E-state index in [1.54, 1.807) is 30.3 Å². The zero-order valence-electron chi connectivity index (χ0n) is 17.7. The fraction of sp³-hybridized carbons (Fsp3) is 0.348. The molecule has 2 aromatic rings. The number of fused-ring (bicyclic) bond motifs is 2. The molecule has 0 aliphatic carbocycles. The second-order valence-corrected chi connectivity index (χ2v) is 10.6. The van der Waals surface area contributed by atoms with Gasteiger partial charge in [-0.15, -0.1) is 0 Å². The zero-order valence-corrected chi connectivity index (χ0v) is 19.2. The summed E-state index contributed by atoms with van der Waals surface area (Å²) in [5.74, 6) is -0.328. The van der Waals surface area contributed by atoms with Crippen LogP contribution in [0.5, 0.6) is 0 Å². The van der Waals surface area contributed by atoms with E-state index in [0.29, 0.717) is 16.3 Å². The highest BCUT2D eigenvalue weighted by Crippen LogP contribution is 2.31. The van der Waals surface area contributed by atoms with Crippen molar-refractivity contribution in [1.82, 2.24) is 9.80 Å². The molecule has 1 N–H and O–H groups in total. The first-order valence-electron chi connectivity index (χ1n) is 10.4. The van der Waals surface area contributed by atoms with Gasteiger partial charge in [-0.3, -0.25) is 14.4 Å². The molecular formula is C23H25ClFN3O3S. The summed E-state index contributed by atoms with van der Waals surface area (Å²) in [6.45, 7) is 2.28. The van der Waals surface area contributed by atoms with E-state index in [2.05, 4.69) is 9.62 Å². The van der Waals surface area contributed by atoms with Crippen molar-refractivity contribution in [2.45, 2.75) is 31.5 Å². The number of rotatable bonds is 6. The third-order valence-electron chi connectivity index (χ3n) is 5.85. The zero-order chi connectivity index (χ0) is 22.9. The van der Waals surface area contributed by atoms with Crippen molar-refractivity contribution in [2.24, 2.45) is 0 Å². The lowest BCUT2D eigenvalue weighted by Gasteiger charge is -2.40. The van der Waals surface area contributed by atoms with Crippen molar-refractivity contribution < 1.29 is 17.6 Å². The molecule has 4 rings (SSSR count). The first-order chi connectivity index (χ1) is 15.2. The van der Waals surface area contributed by atoms with Gasteiger partial charge >= 0.3 is 0 Å². The molecule has 0 saturated carbocycles. The molecule has 2 bridgehead atoms. The summed E-state index contributed by atoms with van der Waals surface area (Å²) in [4.78, 5) is 17.3. The number of carbonyl (C=O) groups excluding carboxylic acids is 1. The molecule has 2 aliphatic heterocycles. The third kappa shape index (κ3) is 5.49. The van der Waals surface area contributed by atoms with Gasteiger partial charge in [-0.25, -0.2) is 12.8 Å². The van der Waals surface area contributed by atoms with Crippen LogP contribution >= 0.6 is 11.6 Å². The number of piperazine rings is 1. The van der Waals surface area contributed by atoms with Gasteiger partial charge in [0.1, 0.15) is 5.82 Å². The predicted octanol–water partition coefficient (Wildman–Crippen LogP) is 3.74. The molecule has 0 spiro atoms. The largest absolute Gasteiger partial charge is 0.331 e. The second-order valence-electron chi connectivity index (χ2n) is 8.39. The van der Waals surface area contributed by atoms with Gasteiger partial charge in [-0.05, 0) is 54.3 Å². The third-order valence-corrected chi connectivity index (χ3v) is 6.67. The molecule has 9 heteroatoms. The minimum atomic E-state index is -3.48. The van der Waals surface area contributed by atoms with Gasteiger partial charge in [0.05, 0.1) is 11.9 Å². The Hall–Kier alpha value is -2.42. The number of halogens is 2. The Morgan fingerprint density at radius 3 is 2.44 bits per heavy atom. The normalized spacial score (nSPS) is 21.3. The van der Waals surface area contributed by atoms with Crippen molar-refractivity contribution in [1.29, 1.82) is 0 Å². The van der Waals surface area contributed by atoms with Crippen LogP contribution in [0.25, 0.3) is 6.08 Å². The number of likely N-dealkylation sites (tertiary alicyclic amines) is 1. The monoisotopic (exact) mass is 477 g/mol. The minimum absolute atomic E-state index is 0.0841. The van der Waals surface area contributed by atoms with E-state index in [4.69, 9.17) is 11.6 Å². The molecule has 6 nitrogen and oxygen atoms in total. The topological polar surface area (TPSA) is 69.7 Å². The molecule has 0 aromatic heterocycles. The number of nitrogens with one attached hydrogen (secondary N) is 1. The van der Waals surface area contributed by atoms with E-state index in [-0.39, 0.29) is 23.8 Å². The quantitative estimate of drug-likeness (QED) is 0.643. The molecule has 2 fully saturated rings. The smallest absolute Gasteiger partial charge is 0.247 e. The standard InChI is InChI=1S/C23H25ClFN3O3S/c1-32(30,31)26-22-12-18(24)6-4-17(22)5-11-23(29)28-20-9-10-21(28)15-27(14-20)13-16-2-7-19(25)8-3-16/h2-8,11-12,20-21,26H,9-10,13-15H2,1H3. The van der Waals surface area contributed by atoms with Crippen molar-refractivity contribution in [3.8, 4) is 0 Å². The Bertz CT molecular complexity index is 1120.